The van der Waals surface area contributed by atoms with E-state index in [1.807, 2.05) is 0 Å². The molecule has 0 atom stereocenters. The molecule has 20 heavy (non-hydrogen) atoms. The minimum absolute atomic E-state index is 0.573. The van der Waals surface area contributed by atoms with Gasteiger partial charge in [0, 0.05) is 44.8 Å². The molecule has 5 nitrogen and oxygen atoms in total. The fourth-order valence-corrected chi connectivity index (χ4v) is 2.65. The summed E-state index contributed by atoms with van der Waals surface area (Å²) >= 11 is 6.14. The van der Waals surface area contributed by atoms with Crippen LogP contribution in [0.15, 0.2) is 6.33 Å². The summed E-state index contributed by atoms with van der Waals surface area (Å²) in [5.74, 6) is 0.890. The van der Waals surface area contributed by atoms with Crippen molar-refractivity contribution < 1.29 is 0 Å². The lowest BCUT2D eigenvalue weighted by atomic mass is 10.2. The zero-order valence-corrected chi connectivity index (χ0v) is 13.2. The fraction of sp³-hybridized carbons (Fsp3) is 0.714. The lowest BCUT2D eigenvalue weighted by molar-refractivity contribution is 0.158. The Bertz CT molecular complexity index is 418. The van der Waals surface area contributed by atoms with Crippen LogP contribution in [0.3, 0.4) is 0 Å². The molecular formula is C14H24ClN5. The number of nitrogens with one attached hydrogen (secondary N) is 1. The molecular weight excluding hydrogens is 274 g/mol. The minimum Gasteiger partial charge on any atom is -0.368 e. The number of anilines is 1. The Balaban J connectivity index is 1.83. The normalized spacial score (nSPS) is 17.4. The van der Waals surface area contributed by atoms with Gasteiger partial charge in [-0.15, -0.1) is 0 Å². The van der Waals surface area contributed by atoms with Crippen LogP contribution in [0.4, 0.5) is 5.82 Å². The van der Waals surface area contributed by atoms with E-state index < -0.39 is 0 Å². The molecule has 6 heteroatoms. The Morgan fingerprint density at radius 1 is 1.25 bits per heavy atom. The third-order valence-corrected chi connectivity index (χ3v) is 4.03. The molecule has 1 aromatic heterocycles. The van der Waals surface area contributed by atoms with E-state index in [-0.39, 0.29) is 0 Å². The van der Waals surface area contributed by atoms with Crippen molar-refractivity contribution in [3.05, 3.63) is 17.0 Å². The van der Waals surface area contributed by atoms with Gasteiger partial charge in [0.05, 0.1) is 0 Å². The van der Waals surface area contributed by atoms with Crippen LogP contribution in [0, 0.1) is 0 Å². The summed E-state index contributed by atoms with van der Waals surface area (Å²) in [6, 6.07) is 0. The maximum atomic E-state index is 6.14. The second kappa shape index (κ2) is 7.76. The molecule has 0 bridgehead atoms. The van der Waals surface area contributed by atoms with E-state index in [4.69, 9.17) is 11.6 Å². The van der Waals surface area contributed by atoms with Crippen molar-refractivity contribution in [2.24, 2.45) is 0 Å². The highest BCUT2D eigenvalue weighted by atomic mass is 35.5. The summed E-state index contributed by atoms with van der Waals surface area (Å²) in [6.07, 6.45) is 3.48. The molecule has 2 heterocycles. The van der Waals surface area contributed by atoms with E-state index in [2.05, 4.69) is 39.1 Å². The van der Waals surface area contributed by atoms with Crippen molar-refractivity contribution in [2.75, 3.05) is 51.6 Å². The summed E-state index contributed by atoms with van der Waals surface area (Å²) in [5, 5.41) is 3.98. The monoisotopic (exact) mass is 297 g/mol. The van der Waals surface area contributed by atoms with Crippen molar-refractivity contribution >= 4 is 17.4 Å². The van der Waals surface area contributed by atoms with Gasteiger partial charge in [-0.25, -0.2) is 9.97 Å². The summed E-state index contributed by atoms with van der Waals surface area (Å²) in [6.45, 7) is 8.67. The summed E-state index contributed by atoms with van der Waals surface area (Å²) in [4.78, 5) is 13.2. The third-order valence-electron chi connectivity index (χ3n) is 3.71. The maximum Gasteiger partial charge on any atom is 0.137 e. The molecule has 0 unspecified atom stereocenters. The lowest BCUT2D eigenvalue weighted by Crippen LogP contribution is -2.45. The Morgan fingerprint density at radius 2 is 2.00 bits per heavy atom. The fourth-order valence-electron chi connectivity index (χ4n) is 2.42. The van der Waals surface area contributed by atoms with E-state index >= 15 is 0 Å². The average molecular weight is 298 g/mol. The van der Waals surface area contributed by atoms with Crippen LogP contribution in [0.2, 0.25) is 5.15 Å². The van der Waals surface area contributed by atoms with E-state index in [1.165, 1.54) is 6.33 Å². The van der Waals surface area contributed by atoms with Crippen molar-refractivity contribution in [3.8, 4) is 0 Å². The van der Waals surface area contributed by atoms with Crippen molar-refractivity contribution in [1.29, 1.82) is 0 Å². The van der Waals surface area contributed by atoms with E-state index in [9.17, 15) is 0 Å². The molecule has 2 rings (SSSR count). The number of nitrogens with zero attached hydrogens (tertiary/aromatic N) is 4. The number of aromatic nitrogens is 2. The molecule has 0 amide bonds. The molecule has 1 fully saturated rings. The summed E-state index contributed by atoms with van der Waals surface area (Å²) in [5.41, 5.74) is 1.04. The molecule has 0 saturated carbocycles. The molecule has 1 aromatic rings. The molecule has 1 aliphatic rings. The first-order chi connectivity index (χ1) is 9.70. The van der Waals surface area contributed by atoms with Crippen LogP contribution in [0.5, 0.6) is 0 Å². The Hall–Kier alpha value is -0.910. The largest absolute Gasteiger partial charge is 0.368 e. The first-order valence-electron chi connectivity index (χ1n) is 7.35. The van der Waals surface area contributed by atoms with Crippen molar-refractivity contribution in [2.45, 2.75) is 19.8 Å². The molecule has 0 radical (unpaired) electrons. The Kier molecular flexibility index (Phi) is 6.01. The van der Waals surface area contributed by atoms with Gasteiger partial charge in [0.25, 0.3) is 0 Å². The van der Waals surface area contributed by atoms with Gasteiger partial charge in [-0.05, 0) is 13.5 Å². The van der Waals surface area contributed by atoms with Gasteiger partial charge in [0.2, 0.25) is 0 Å². The summed E-state index contributed by atoms with van der Waals surface area (Å²) < 4.78 is 0. The molecule has 1 N–H and O–H groups in total. The predicted molar refractivity (Wildman–Crippen MR) is 83.5 cm³/mol. The van der Waals surface area contributed by atoms with E-state index in [0.29, 0.717) is 5.15 Å². The van der Waals surface area contributed by atoms with Crippen LogP contribution in [0.25, 0.3) is 0 Å². The van der Waals surface area contributed by atoms with Crippen LogP contribution < -0.4 is 5.32 Å². The molecule has 0 aromatic carbocycles. The molecule has 112 valence electrons. The van der Waals surface area contributed by atoms with Crippen molar-refractivity contribution in [1.82, 2.24) is 19.8 Å². The third kappa shape index (κ3) is 4.30. The van der Waals surface area contributed by atoms with Gasteiger partial charge in [0.1, 0.15) is 17.3 Å². The first kappa shape index (κ1) is 15.5. The topological polar surface area (TPSA) is 44.3 Å². The molecule has 1 aliphatic heterocycles. The average Bonchev–Trinajstić information content (AvgIpc) is 2.45. The number of hydrogen-bond acceptors (Lipinski definition) is 5. The number of halogens is 1. The Morgan fingerprint density at radius 3 is 2.70 bits per heavy atom. The van der Waals surface area contributed by atoms with E-state index in [1.54, 1.807) is 0 Å². The number of likely N-dealkylation sites (N-methyl/N-ethyl adjacent to an activating group) is 1. The second-order valence-corrected chi connectivity index (χ2v) is 5.67. The number of hydrogen-bond donors (Lipinski definition) is 1. The van der Waals surface area contributed by atoms with Gasteiger partial charge in [0.15, 0.2) is 0 Å². The Labute approximate surface area is 126 Å². The highest BCUT2D eigenvalue weighted by Gasteiger charge is 2.13. The highest BCUT2D eigenvalue weighted by Crippen LogP contribution is 2.21. The van der Waals surface area contributed by atoms with Crippen LogP contribution >= 0.6 is 11.6 Å². The number of rotatable bonds is 6. The maximum absolute atomic E-state index is 6.14. The van der Waals surface area contributed by atoms with Gasteiger partial charge >= 0.3 is 0 Å². The van der Waals surface area contributed by atoms with Gasteiger partial charge in [-0.2, -0.15) is 0 Å². The second-order valence-electron chi connectivity index (χ2n) is 5.31. The van der Waals surface area contributed by atoms with Gasteiger partial charge < -0.3 is 10.2 Å². The number of piperazine rings is 1. The lowest BCUT2D eigenvalue weighted by Gasteiger charge is -2.32. The highest BCUT2D eigenvalue weighted by molar-refractivity contribution is 6.30. The predicted octanol–water partition coefficient (Wildman–Crippen LogP) is 1.74. The summed E-state index contributed by atoms with van der Waals surface area (Å²) in [7, 11) is 2.18. The first-order valence-corrected chi connectivity index (χ1v) is 7.72. The van der Waals surface area contributed by atoms with Crippen LogP contribution in [-0.2, 0) is 6.42 Å². The van der Waals surface area contributed by atoms with E-state index in [0.717, 1.165) is 63.5 Å². The van der Waals surface area contributed by atoms with Gasteiger partial charge in [-0.3, -0.25) is 4.90 Å². The van der Waals surface area contributed by atoms with Crippen molar-refractivity contribution in [3.63, 3.8) is 0 Å². The molecule has 0 spiro atoms. The zero-order valence-electron chi connectivity index (χ0n) is 12.4. The van der Waals surface area contributed by atoms with Crippen LogP contribution in [0.1, 0.15) is 18.9 Å². The molecule has 0 aliphatic carbocycles. The molecule has 1 saturated heterocycles. The smallest absolute Gasteiger partial charge is 0.137 e. The zero-order chi connectivity index (χ0) is 14.4. The SMILES string of the molecule is CCCc1c(Cl)ncnc1NCCN1CCN(C)CC1. The van der Waals surface area contributed by atoms with Gasteiger partial charge in [-0.1, -0.05) is 24.9 Å². The quantitative estimate of drug-likeness (QED) is 0.810. The standard InChI is InChI=1S/C14H24ClN5/c1-3-4-12-13(15)17-11-18-14(12)16-5-6-20-9-7-19(2)8-10-20/h11H,3-10H2,1-2H3,(H,16,17,18). The minimum atomic E-state index is 0.573. The van der Waals surface area contributed by atoms with Crippen LogP contribution in [-0.4, -0.2) is 66.1 Å².